The van der Waals surface area contributed by atoms with Gasteiger partial charge in [0.15, 0.2) is 11.5 Å². The Morgan fingerprint density at radius 3 is 2.81 bits per heavy atom. The first-order valence-corrected chi connectivity index (χ1v) is 6.87. The summed E-state index contributed by atoms with van der Waals surface area (Å²) in [6.45, 7) is 0. The van der Waals surface area contributed by atoms with E-state index in [9.17, 15) is 15.2 Å². The summed E-state index contributed by atoms with van der Waals surface area (Å²) in [5.74, 6) is -0.102. The summed E-state index contributed by atoms with van der Waals surface area (Å²) >= 11 is 0. The Balaban J connectivity index is 2.29. The minimum absolute atomic E-state index is 0.00210. The van der Waals surface area contributed by atoms with Gasteiger partial charge < -0.3 is 15.6 Å². The van der Waals surface area contributed by atoms with Crippen molar-refractivity contribution in [2.75, 3.05) is 7.11 Å². The number of nitro benzene ring substituents is 1. The number of hydrogen-bond donors (Lipinski definition) is 2. The van der Waals surface area contributed by atoms with Crippen molar-refractivity contribution >= 4 is 11.9 Å². The molecule has 2 unspecified atom stereocenters. The molecule has 0 saturated heterocycles. The maximum atomic E-state index is 10.9. The number of hydrogen-bond acceptors (Lipinski definition) is 6. The normalized spacial score (nSPS) is 22.4. The van der Waals surface area contributed by atoms with Crippen LogP contribution >= 0.6 is 0 Å². The molecule has 7 heteroatoms. The van der Waals surface area contributed by atoms with E-state index in [1.807, 2.05) is 0 Å². The summed E-state index contributed by atoms with van der Waals surface area (Å²) in [4.78, 5) is 14.7. The Bertz CT molecular complexity index is 559. The number of phenolic OH excluding ortho intramolecular Hbond substituents is 1. The van der Waals surface area contributed by atoms with Crippen LogP contribution < -0.4 is 10.5 Å². The van der Waals surface area contributed by atoms with Gasteiger partial charge >= 0.3 is 0 Å². The predicted molar refractivity (Wildman–Crippen MR) is 79.1 cm³/mol. The molecule has 0 aliphatic heterocycles. The van der Waals surface area contributed by atoms with Gasteiger partial charge in [0.05, 0.1) is 24.1 Å². The molecular weight excluding hydrogens is 274 g/mol. The number of phenols is 1. The van der Waals surface area contributed by atoms with E-state index in [1.165, 1.54) is 25.5 Å². The van der Waals surface area contributed by atoms with E-state index in [2.05, 4.69) is 4.99 Å². The fourth-order valence-electron chi connectivity index (χ4n) is 2.47. The first kappa shape index (κ1) is 15.2. The molecule has 1 aliphatic carbocycles. The number of nitrogens with zero attached hydrogens (tertiary/aromatic N) is 2. The molecular formula is C14H19N3O4. The van der Waals surface area contributed by atoms with Gasteiger partial charge in [-0.2, -0.15) is 0 Å². The Morgan fingerprint density at radius 2 is 2.19 bits per heavy atom. The van der Waals surface area contributed by atoms with E-state index >= 15 is 0 Å². The van der Waals surface area contributed by atoms with Crippen molar-refractivity contribution < 1.29 is 14.8 Å². The Kier molecular flexibility index (Phi) is 4.74. The fraction of sp³-hybridized carbons (Fsp3) is 0.500. The number of rotatable bonds is 4. The number of aliphatic imine (C=N–C) groups is 1. The summed E-state index contributed by atoms with van der Waals surface area (Å²) in [6, 6.07) is 2.44. The number of benzene rings is 1. The van der Waals surface area contributed by atoms with Crippen molar-refractivity contribution in [1.29, 1.82) is 0 Å². The zero-order chi connectivity index (χ0) is 15.4. The Labute approximate surface area is 122 Å². The third-order valence-electron chi connectivity index (χ3n) is 3.71. The molecule has 2 rings (SSSR count). The largest absolute Gasteiger partial charge is 0.504 e. The monoisotopic (exact) mass is 293 g/mol. The summed E-state index contributed by atoms with van der Waals surface area (Å²) in [5, 5.41) is 20.9. The highest BCUT2D eigenvalue weighted by Gasteiger charge is 2.21. The number of methoxy groups -OCH3 is 1. The van der Waals surface area contributed by atoms with Crippen LogP contribution in [-0.2, 0) is 0 Å². The van der Waals surface area contributed by atoms with Crippen LogP contribution in [0.25, 0.3) is 0 Å². The molecule has 2 atom stereocenters. The van der Waals surface area contributed by atoms with Gasteiger partial charge in [0.25, 0.3) is 5.69 Å². The zero-order valence-corrected chi connectivity index (χ0v) is 11.9. The van der Waals surface area contributed by atoms with Gasteiger partial charge in [0.2, 0.25) is 0 Å². The second-order valence-electron chi connectivity index (χ2n) is 5.14. The maximum absolute atomic E-state index is 10.9. The Morgan fingerprint density at radius 1 is 1.48 bits per heavy atom. The number of aromatic hydroxyl groups is 1. The molecule has 1 fully saturated rings. The van der Waals surface area contributed by atoms with Gasteiger partial charge in [-0.05, 0) is 12.8 Å². The summed E-state index contributed by atoms with van der Waals surface area (Å²) in [5.41, 5.74) is 6.12. The standard InChI is InChI=1S/C14H19N3O4/c1-21-13-7-10(17(19)20)6-9(14(13)18)8-16-12-5-3-2-4-11(12)15/h6-8,11-12,18H,2-5,15H2,1H3. The number of ether oxygens (including phenoxy) is 1. The lowest BCUT2D eigenvalue weighted by Crippen LogP contribution is -2.36. The first-order valence-electron chi connectivity index (χ1n) is 6.87. The molecule has 0 amide bonds. The maximum Gasteiger partial charge on any atom is 0.274 e. The molecule has 21 heavy (non-hydrogen) atoms. The van der Waals surface area contributed by atoms with E-state index in [1.54, 1.807) is 0 Å². The average molecular weight is 293 g/mol. The van der Waals surface area contributed by atoms with Gasteiger partial charge in [0.1, 0.15) is 0 Å². The zero-order valence-electron chi connectivity index (χ0n) is 11.9. The molecule has 3 N–H and O–H groups in total. The highest BCUT2D eigenvalue weighted by Crippen LogP contribution is 2.33. The second-order valence-corrected chi connectivity index (χ2v) is 5.14. The van der Waals surface area contributed by atoms with E-state index in [0.717, 1.165) is 25.7 Å². The molecule has 1 aromatic carbocycles. The van der Waals surface area contributed by atoms with Crippen molar-refractivity contribution in [2.45, 2.75) is 37.8 Å². The summed E-state index contributed by atoms with van der Waals surface area (Å²) in [7, 11) is 1.34. The molecule has 114 valence electrons. The van der Waals surface area contributed by atoms with Crippen LogP contribution in [0, 0.1) is 10.1 Å². The molecule has 7 nitrogen and oxygen atoms in total. The fourth-order valence-corrected chi connectivity index (χ4v) is 2.47. The van der Waals surface area contributed by atoms with Gasteiger partial charge in [-0.1, -0.05) is 12.8 Å². The van der Waals surface area contributed by atoms with Crippen LogP contribution in [-0.4, -0.2) is 35.4 Å². The molecule has 0 radical (unpaired) electrons. The highest BCUT2D eigenvalue weighted by atomic mass is 16.6. The van der Waals surface area contributed by atoms with Crippen LogP contribution in [0.1, 0.15) is 31.2 Å². The third-order valence-corrected chi connectivity index (χ3v) is 3.71. The smallest absolute Gasteiger partial charge is 0.274 e. The third kappa shape index (κ3) is 3.49. The van der Waals surface area contributed by atoms with Crippen molar-refractivity contribution in [3.05, 3.63) is 27.8 Å². The average Bonchev–Trinajstić information content (AvgIpc) is 2.47. The van der Waals surface area contributed by atoms with Crippen LogP contribution in [0.3, 0.4) is 0 Å². The first-order chi connectivity index (χ1) is 10.0. The minimum atomic E-state index is -0.536. The molecule has 1 saturated carbocycles. The SMILES string of the molecule is COc1cc([N+](=O)[O-])cc(C=NC2CCCCC2N)c1O. The van der Waals surface area contributed by atoms with E-state index in [4.69, 9.17) is 10.5 Å². The summed E-state index contributed by atoms with van der Waals surface area (Å²) < 4.78 is 4.95. The van der Waals surface area contributed by atoms with Gasteiger partial charge in [-0.15, -0.1) is 0 Å². The van der Waals surface area contributed by atoms with Crippen LogP contribution in [0.2, 0.25) is 0 Å². The molecule has 1 aromatic rings. The van der Waals surface area contributed by atoms with Gasteiger partial charge in [-0.3, -0.25) is 15.1 Å². The number of nitro groups is 1. The van der Waals surface area contributed by atoms with E-state index in [-0.39, 0.29) is 34.8 Å². The summed E-state index contributed by atoms with van der Waals surface area (Å²) in [6.07, 6.45) is 5.43. The molecule has 0 spiro atoms. The lowest BCUT2D eigenvalue weighted by Gasteiger charge is -2.25. The molecule has 1 aliphatic rings. The van der Waals surface area contributed by atoms with E-state index in [0.29, 0.717) is 0 Å². The van der Waals surface area contributed by atoms with E-state index < -0.39 is 4.92 Å². The van der Waals surface area contributed by atoms with Gasteiger partial charge in [-0.25, -0.2) is 0 Å². The van der Waals surface area contributed by atoms with Crippen LogP contribution in [0.4, 0.5) is 5.69 Å². The van der Waals surface area contributed by atoms with Crippen LogP contribution in [0.15, 0.2) is 17.1 Å². The van der Waals surface area contributed by atoms with Gasteiger partial charge in [0, 0.05) is 23.9 Å². The molecule has 0 bridgehead atoms. The topological polar surface area (TPSA) is 111 Å². The van der Waals surface area contributed by atoms with Crippen LogP contribution in [0.5, 0.6) is 11.5 Å². The number of non-ortho nitro benzene ring substituents is 1. The Hall–Kier alpha value is -2.15. The van der Waals surface area contributed by atoms with Crippen molar-refractivity contribution in [3.63, 3.8) is 0 Å². The second kappa shape index (κ2) is 6.53. The van der Waals surface area contributed by atoms with Crippen molar-refractivity contribution in [3.8, 4) is 11.5 Å². The predicted octanol–water partition coefficient (Wildman–Crippen LogP) is 2.00. The molecule has 0 aromatic heterocycles. The van der Waals surface area contributed by atoms with Crippen molar-refractivity contribution in [2.24, 2.45) is 10.7 Å². The lowest BCUT2D eigenvalue weighted by atomic mass is 9.91. The van der Waals surface area contributed by atoms with Crippen molar-refractivity contribution in [1.82, 2.24) is 0 Å². The minimum Gasteiger partial charge on any atom is -0.504 e. The number of nitrogens with two attached hydrogens (primary N) is 1. The molecule has 0 heterocycles. The highest BCUT2D eigenvalue weighted by molar-refractivity contribution is 5.86. The quantitative estimate of drug-likeness (QED) is 0.501. The lowest BCUT2D eigenvalue weighted by molar-refractivity contribution is -0.385.